The van der Waals surface area contributed by atoms with Gasteiger partial charge < -0.3 is 20.3 Å². The van der Waals surface area contributed by atoms with Gasteiger partial charge in [0.1, 0.15) is 0 Å². The van der Waals surface area contributed by atoms with Crippen LogP contribution in [0.25, 0.3) is 0 Å². The Bertz CT molecular complexity index is 560. The highest BCUT2D eigenvalue weighted by Gasteiger charge is 2.42. The minimum atomic E-state index is -0.287. The van der Waals surface area contributed by atoms with Gasteiger partial charge in [-0.2, -0.15) is 0 Å². The molecule has 1 amide bonds. The Morgan fingerprint density at radius 3 is 2.28 bits per heavy atom. The zero-order chi connectivity index (χ0) is 20.7. The Kier molecular flexibility index (Phi) is 7.79. The van der Waals surface area contributed by atoms with E-state index in [9.17, 15) is 4.79 Å². The molecule has 29 heavy (non-hydrogen) atoms. The van der Waals surface area contributed by atoms with Gasteiger partial charge in [0.05, 0.1) is 12.0 Å². The van der Waals surface area contributed by atoms with E-state index in [-0.39, 0.29) is 16.9 Å². The lowest BCUT2D eigenvalue weighted by molar-refractivity contribution is -0.138. The molecule has 0 aromatic rings. The minimum Gasteiger partial charge on any atom is -0.381 e. The Morgan fingerprint density at radius 2 is 1.69 bits per heavy atom. The van der Waals surface area contributed by atoms with Crippen molar-refractivity contribution in [3.8, 4) is 0 Å². The molecule has 2 saturated heterocycles. The van der Waals surface area contributed by atoms with Crippen molar-refractivity contribution in [2.24, 2.45) is 10.4 Å². The molecule has 7 nitrogen and oxygen atoms in total. The molecule has 0 unspecified atom stereocenters. The molecule has 0 atom stereocenters. The Morgan fingerprint density at radius 1 is 1.03 bits per heavy atom. The van der Waals surface area contributed by atoms with E-state index in [1.165, 1.54) is 25.9 Å². The van der Waals surface area contributed by atoms with E-state index >= 15 is 0 Å². The molecule has 3 fully saturated rings. The first-order chi connectivity index (χ1) is 14.0. The van der Waals surface area contributed by atoms with E-state index in [1.54, 1.807) is 4.90 Å². The van der Waals surface area contributed by atoms with Crippen molar-refractivity contribution in [3.05, 3.63) is 0 Å². The average molecular weight is 408 g/mol. The van der Waals surface area contributed by atoms with Crippen LogP contribution in [0.4, 0.5) is 0 Å². The van der Waals surface area contributed by atoms with Gasteiger partial charge in [0, 0.05) is 45.9 Å². The fourth-order valence-corrected chi connectivity index (χ4v) is 5.33. The SMILES string of the molecule is CCNC(=NCC1(N2CCCC2)CCOCC1)NCC1(C(=O)N(C)C)CCCC1. The van der Waals surface area contributed by atoms with Crippen LogP contribution in [0.1, 0.15) is 58.3 Å². The molecule has 7 heteroatoms. The predicted molar refractivity (Wildman–Crippen MR) is 117 cm³/mol. The number of nitrogens with zero attached hydrogens (tertiary/aromatic N) is 3. The summed E-state index contributed by atoms with van der Waals surface area (Å²) < 4.78 is 5.67. The maximum absolute atomic E-state index is 12.9. The molecule has 2 aliphatic heterocycles. The molecule has 1 saturated carbocycles. The second-order valence-corrected chi connectivity index (χ2v) is 9.27. The van der Waals surface area contributed by atoms with Crippen molar-refractivity contribution >= 4 is 11.9 Å². The molecule has 2 heterocycles. The highest BCUT2D eigenvalue weighted by Crippen LogP contribution is 2.39. The van der Waals surface area contributed by atoms with Gasteiger partial charge in [-0.1, -0.05) is 12.8 Å². The van der Waals surface area contributed by atoms with E-state index in [0.29, 0.717) is 6.54 Å². The van der Waals surface area contributed by atoms with Crippen LogP contribution in [-0.4, -0.2) is 87.2 Å². The first kappa shape index (κ1) is 22.3. The molecule has 3 aliphatic rings. The van der Waals surface area contributed by atoms with Crippen molar-refractivity contribution in [1.29, 1.82) is 0 Å². The molecule has 0 aromatic carbocycles. The first-order valence-electron chi connectivity index (χ1n) is 11.6. The lowest BCUT2D eigenvalue weighted by Crippen LogP contribution is -2.54. The monoisotopic (exact) mass is 407 g/mol. The maximum Gasteiger partial charge on any atom is 0.230 e. The number of ether oxygens (including phenoxy) is 1. The third-order valence-electron chi connectivity index (χ3n) is 7.09. The highest BCUT2D eigenvalue weighted by atomic mass is 16.5. The fourth-order valence-electron chi connectivity index (χ4n) is 5.33. The summed E-state index contributed by atoms with van der Waals surface area (Å²) in [7, 11) is 3.74. The lowest BCUT2D eigenvalue weighted by atomic mass is 9.84. The first-order valence-corrected chi connectivity index (χ1v) is 11.6. The van der Waals surface area contributed by atoms with Gasteiger partial charge in [0.25, 0.3) is 0 Å². The number of amides is 1. The van der Waals surface area contributed by atoms with Gasteiger partial charge in [-0.3, -0.25) is 14.7 Å². The van der Waals surface area contributed by atoms with Gasteiger partial charge in [0.2, 0.25) is 5.91 Å². The zero-order valence-electron chi connectivity index (χ0n) is 18.8. The van der Waals surface area contributed by atoms with Crippen molar-refractivity contribution in [2.75, 3.05) is 60.0 Å². The molecule has 3 rings (SSSR count). The van der Waals surface area contributed by atoms with Gasteiger partial charge in [-0.15, -0.1) is 0 Å². The maximum atomic E-state index is 12.9. The summed E-state index contributed by atoms with van der Waals surface area (Å²) in [5, 5.41) is 6.93. The van der Waals surface area contributed by atoms with Crippen LogP contribution >= 0.6 is 0 Å². The van der Waals surface area contributed by atoms with E-state index in [4.69, 9.17) is 9.73 Å². The quantitative estimate of drug-likeness (QED) is 0.498. The Labute approximate surface area is 176 Å². The molecular weight excluding hydrogens is 366 g/mol. The van der Waals surface area contributed by atoms with Crippen LogP contribution in [0.5, 0.6) is 0 Å². The number of hydrogen-bond acceptors (Lipinski definition) is 4. The van der Waals surface area contributed by atoms with E-state index in [2.05, 4.69) is 22.5 Å². The number of guanidine groups is 1. The molecule has 166 valence electrons. The predicted octanol–water partition coefficient (Wildman–Crippen LogP) is 1.84. The van der Waals surface area contributed by atoms with E-state index in [1.807, 2.05) is 14.1 Å². The molecule has 0 spiro atoms. The molecular formula is C22H41N5O2. The van der Waals surface area contributed by atoms with Crippen LogP contribution in [0.15, 0.2) is 4.99 Å². The topological polar surface area (TPSA) is 69.2 Å². The molecule has 0 radical (unpaired) electrons. The number of likely N-dealkylation sites (tertiary alicyclic amines) is 1. The number of rotatable bonds is 7. The van der Waals surface area contributed by atoms with E-state index in [0.717, 1.165) is 70.8 Å². The second-order valence-electron chi connectivity index (χ2n) is 9.27. The van der Waals surface area contributed by atoms with Crippen molar-refractivity contribution < 1.29 is 9.53 Å². The van der Waals surface area contributed by atoms with Crippen molar-refractivity contribution in [2.45, 2.75) is 63.8 Å². The average Bonchev–Trinajstić information content (AvgIpc) is 3.43. The van der Waals surface area contributed by atoms with Crippen LogP contribution in [0, 0.1) is 5.41 Å². The lowest BCUT2D eigenvalue weighted by Gasteiger charge is -2.43. The third kappa shape index (κ3) is 5.23. The van der Waals surface area contributed by atoms with Gasteiger partial charge >= 0.3 is 0 Å². The molecule has 1 aliphatic carbocycles. The number of carbonyl (C=O) groups excluding carboxylic acids is 1. The number of carbonyl (C=O) groups is 1. The summed E-state index contributed by atoms with van der Waals surface area (Å²) in [4.78, 5) is 22.3. The standard InChI is InChI=1S/C22H41N5O2/c1-4-23-20(24-17-21(9-5-6-10-21)19(28)26(2)3)25-18-22(11-15-29-16-12-22)27-13-7-8-14-27/h4-18H2,1-3H3,(H2,23,24,25). The summed E-state index contributed by atoms with van der Waals surface area (Å²) in [5.41, 5.74) is -0.160. The summed E-state index contributed by atoms with van der Waals surface area (Å²) in [6, 6.07) is 0. The number of aliphatic imine (C=N–C) groups is 1. The summed E-state index contributed by atoms with van der Waals surface area (Å²) in [6.07, 6.45) is 8.88. The fraction of sp³-hybridized carbons (Fsp3) is 0.909. The summed E-state index contributed by atoms with van der Waals surface area (Å²) in [6.45, 7) is 8.39. The van der Waals surface area contributed by atoms with Crippen LogP contribution in [-0.2, 0) is 9.53 Å². The minimum absolute atomic E-state index is 0.127. The molecule has 0 aromatic heterocycles. The normalized spacial score (nSPS) is 24.4. The molecule has 2 N–H and O–H groups in total. The van der Waals surface area contributed by atoms with Crippen molar-refractivity contribution in [1.82, 2.24) is 20.4 Å². The zero-order valence-corrected chi connectivity index (χ0v) is 18.8. The van der Waals surface area contributed by atoms with Crippen LogP contribution in [0.3, 0.4) is 0 Å². The smallest absolute Gasteiger partial charge is 0.230 e. The van der Waals surface area contributed by atoms with Gasteiger partial charge in [-0.25, -0.2) is 0 Å². The second kappa shape index (κ2) is 10.1. The largest absolute Gasteiger partial charge is 0.381 e. The Hall–Kier alpha value is -1.34. The summed E-state index contributed by atoms with van der Waals surface area (Å²) in [5.74, 6) is 1.09. The van der Waals surface area contributed by atoms with Crippen LogP contribution < -0.4 is 10.6 Å². The van der Waals surface area contributed by atoms with Gasteiger partial charge in [0.15, 0.2) is 5.96 Å². The Balaban J connectivity index is 1.69. The molecule has 0 bridgehead atoms. The van der Waals surface area contributed by atoms with Crippen LogP contribution in [0.2, 0.25) is 0 Å². The number of hydrogen-bond donors (Lipinski definition) is 2. The summed E-state index contributed by atoms with van der Waals surface area (Å²) >= 11 is 0. The third-order valence-corrected chi connectivity index (χ3v) is 7.09. The van der Waals surface area contributed by atoms with Crippen molar-refractivity contribution in [3.63, 3.8) is 0 Å². The number of nitrogens with one attached hydrogen (secondary N) is 2. The van der Waals surface area contributed by atoms with E-state index < -0.39 is 0 Å². The highest BCUT2D eigenvalue weighted by molar-refractivity contribution is 5.85. The van der Waals surface area contributed by atoms with Gasteiger partial charge in [-0.05, 0) is 58.5 Å².